The van der Waals surface area contributed by atoms with Gasteiger partial charge in [-0.2, -0.15) is 0 Å². The van der Waals surface area contributed by atoms with Gasteiger partial charge in [-0.25, -0.2) is 4.79 Å². The molecule has 7 heteroatoms. The summed E-state index contributed by atoms with van der Waals surface area (Å²) in [5.74, 6) is -1.20. The molecule has 2 amide bonds. The number of hydrogen-bond acceptors (Lipinski definition) is 4. The molecule has 0 aromatic carbocycles. The van der Waals surface area contributed by atoms with Crippen LogP contribution in [0.1, 0.15) is 34.1 Å². The molecule has 1 atom stereocenters. The molecule has 114 valence electrons. The number of piperazine rings is 1. The zero-order valence-electron chi connectivity index (χ0n) is 12.4. The van der Waals surface area contributed by atoms with Crippen LogP contribution in [0.4, 0.5) is 4.79 Å². The Labute approximate surface area is 118 Å². The van der Waals surface area contributed by atoms with Crippen LogP contribution in [0, 0.1) is 0 Å². The Morgan fingerprint density at radius 2 is 2.00 bits per heavy atom. The van der Waals surface area contributed by atoms with Crippen LogP contribution >= 0.6 is 0 Å². The number of hydrogen-bond donors (Lipinski definition) is 1. The van der Waals surface area contributed by atoms with Gasteiger partial charge in [0.1, 0.15) is 12.1 Å². The number of carbonyl (C=O) groups is 3. The average molecular weight is 286 g/mol. The second kappa shape index (κ2) is 6.11. The van der Waals surface area contributed by atoms with Gasteiger partial charge in [0.15, 0.2) is 0 Å². The summed E-state index contributed by atoms with van der Waals surface area (Å²) in [6.45, 7) is 7.57. The summed E-state index contributed by atoms with van der Waals surface area (Å²) >= 11 is 0. The highest BCUT2D eigenvalue weighted by atomic mass is 16.6. The molecule has 1 fully saturated rings. The van der Waals surface area contributed by atoms with Gasteiger partial charge in [0.05, 0.1) is 12.5 Å². The lowest BCUT2D eigenvalue weighted by molar-refractivity contribution is -0.144. The van der Waals surface area contributed by atoms with Crippen molar-refractivity contribution in [1.82, 2.24) is 9.80 Å². The zero-order chi connectivity index (χ0) is 15.5. The molecule has 0 unspecified atom stereocenters. The quantitative estimate of drug-likeness (QED) is 0.834. The predicted molar refractivity (Wildman–Crippen MR) is 71.2 cm³/mol. The zero-order valence-corrected chi connectivity index (χ0v) is 12.4. The fourth-order valence-corrected chi connectivity index (χ4v) is 2.05. The Bertz CT molecular complexity index is 402. The summed E-state index contributed by atoms with van der Waals surface area (Å²) in [6, 6.07) is -0.556. The first kappa shape index (κ1) is 16.3. The number of aliphatic carboxylic acids is 1. The summed E-state index contributed by atoms with van der Waals surface area (Å²) in [5.41, 5.74) is -0.685. The predicted octanol–water partition coefficient (Wildman–Crippen LogP) is 0.929. The van der Waals surface area contributed by atoms with Gasteiger partial charge in [0.25, 0.3) is 0 Å². The highest BCUT2D eigenvalue weighted by Crippen LogP contribution is 2.18. The summed E-state index contributed by atoms with van der Waals surface area (Å²) in [6.07, 6.45) is -0.851. The number of carbonyl (C=O) groups excluding carboxylic acids is 2. The number of amides is 2. The lowest BCUT2D eigenvalue weighted by atomic mass is 10.1. The Hall–Kier alpha value is -1.79. The minimum Gasteiger partial charge on any atom is -0.481 e. The minimum absolute atomic E-state index is 0.138. The van der Waals surface area contributed by atoms with E-state index in [1.165, 1.54) is 4.90 Å². The fourth-order valence-electron chi connectivity index (χ4n) is 2.05. The van der Waals surface area contributed by atoms with Gasteiger partial charge < -0.3 is 14.7 Å². The number of carboxylic acids is 1. The fraction of sp³-hybridized carbons (Fsp3) is 0.769. The van der Waals surface area contributed by atoms with Crippen LogP contribution in [0.5, 0.6) is 0 Å². The van der Waals surface area contributed by atoms with Crippen molar-refractivity contribution in [2.24, 2.45) is 0 Å². The maximum atomic E-state index is 12.1. The van der Waals surface area contributed by atoms with E-state index in [1.54, 1.807) is 25.7 Å². The molecule has 1 rings (SSSR count). The van der Waals surface area contributed by atoms with Crippen molar-refractivity contribution < 1.29 is 24.2 Å². The van der Waals surface area contributed by atoms with E-state index in [2.05, 4.69) is 0 Å². The molecule has 1 saturated heterocycles. The van der Waals surface area contributed by atoms with Crippen LogP contribution in [-0.4, -0.2) is 64.2 Å². The third-order valence-electron chi connectivity index (χ3n) is 2.95. The molecule has 1 N–H and O–H groups in total. The van der Waals surface area contributed by atoms with Crippen molar-refractivity contribution in [2.75, 3.05) is 19.6 Å². The number of likely N-dealkylation sites (N-methyl/N-ethyl adjacent to an activating group) is 1. The summed E-state index contributed by atoms with van der Waals surface area (Å²) < 4.78 is 5.23. The molecular formula is C13H22N2O5. The van der Waals surface area contributed by atoms with E-state index in [1.807, 2.05) is 6.92 Å². The van der Waals surface area contributed by atoms with Crippen LogP contribution in [0.2, 0.25) is 0 Å². The Morgan fingerprint density at radius 1 is 1.40 bits per heavy atom. The van der Waals surface area contributed by atoms with Crippen molar-refractivity contribution in [3.8, 4) is 0 Å². The Morgan fingerprint density at radius 3 is 2.45 bits per heavy atom. The molecule has 0 bridgehead atoms. The first-order valence-electron chi connectivity index (χ1n) is 6.63. The molecule has 0 radical (unpaired) electrons. The largest absolute Gasteiger partial charge is 0.481 e. The van der Waals surface area contributed by atoms with E-state index in [4.69, 9.17) is 9.84 Å². The van der Waals surface area contributed by atoms with E-state index in [0.29, 0.717) is 6.54 Å². The van der Waals surface area contributed by atoms with Crippen molar-refractivity contribution in [2.45, 2.75) is 45.8 Å². The van der Waals surface area contributed by atoms with Crippen LogP contribution < -0.4 is 0 Å². The van der Waals surface area contributed by atoms with Crippen molar-refractivity contribution in [3.05, 3.63) is 0 Å². The molecule has 1 aliphatic heterocycles. The first-order chi connectivity index (χ1) is 9.14. The first-order valence-corrected chi connectivity index (χ1v) is 6.63. The van der Waals surface area contributed by atoms with Gasteiger partial charge in [0.2, 0.25) is 5.91 Å². The smallest absolute Gasteiger partial charge is 0.411 e. The van der Waals surface area contributed by atoms with Crippen LogP contribution in [0.15, 0.2) is 0 Å². The molecule has 0 aromatic heterocycles. The normalized spacial score (nSPS) is 20.0. The SMILES string of the molecule is CCN1C[C@@H](CC(=O)O)N(C(=O)OC(C)(C)C)CC1=O. The monoisotopic (exact) mass is 286 g/mol. The summed E-state index contributed by atoms with van der Waals surface area (Å²) in [4.78, 5) is 37.6. The Balaban J connectivity index is 2.86. The van der Waals surface area contributed by atoms with E-state index in [9.17, 15) is 14.4 Å². The third kappa shape index (κ3) is 4.40. The Kier molecular flexibility index (Phi) is 4.97. The maximum Gasteiger partial charge on any atom is 0.411 e. The molecule has 7 nitrogen and oxygen atoms in total. The average Bonchev–Trinajstić information content (AvgIpc) is 2.27. The molecule has 0 aromatic rings. The van der Waals surface area contributed by atoms with Crippen molar-refractivity contribution in [1.29, 1.82) is 0 Å². The van der Waals surface area contributed by atoms with Gasteiger partial charge in [-0.15, -0.1) is 0 Å². The molecule has 0 saturated carbocycles. The van der Waals surface area contributed by atoms with E-state index < -0.39 is 23.7 Å². The lowest BCUT2D eigenvalue weighted by Gasteiger charge is -2.40. The summed E-state index contributed by atoms with van der Waals surface area (Å²) in [5, 5.41) is 8.94. The number of rotatable bonds is 3. The van der Waals surface area contributed by atoms with E-state index >= 15 is 0 Å². The number of carboxylic acid groups (broad SMARTS) is 1. The molecule has 1 heterocycles. The van der Waals surface area contributed by atoms with Crippen molar-refractivity contribution in [3.63, 3.8) is 0 Å². The van der Waals surface area contributed by atoms with Gasteiger partial charge in [0, 0.05) is 13.1 Å². The number of nitrogens with zero attached hydrogens (tertiary/aromatic N) is 2. The second-order valence-corrected chi connectivity index (χ2v) is 5.79. The van der Waals surface area contributed by atoms with Crippen LogP contribution in [0.25, 0.3) is 0 Å². The van der Waals surface area contributed by atoms with Gasteiger partial charge >= 0.3 is 12.1 Å². The minimum atomic E-state index is -1.01. The van der Waals surface area contributed by atoms with Crippen molar-refractivity contribution >= 4 is 18.0 Å². The molecule has 0 aliphatic carbocycles. The van der Waals surface area contributed by atoms with Gasteiger partial charge in [-0.05, 0) is 27.7 Å². The third-order valence-corrected chi connectivity index (χ3v) is 2.95. The van der Waals surface area contributed by atoms with Gasteiger partial charge in [-0.1, -0.05) is 0 Å². The van der Waals surface area contributed by atoms with E-state index in [-0.39, 0.29) is 25.4 Å². The topological polar surface area (TPSA) is 87.2 Å². The highest BCUT2D eigenvalue weighted by Gasteiger charge is 2.37. The standard InChI is InChI=1S/C13H22N2O5/c1-5-14-7-9(6-11(17)18)15(8-10(14)16)12(19)20-13(2,3)4/h9H,5-8H2,1-4H3,(H,17,18)/t9-/m1/s1. The van der Waals surface area contributed by atoms with Crippen LogP contribution in [-0.2, 0) is 14.3 Å². The lowest BCUT2D eigenvalue weighted by Crippen LogP contribution is -2.59. The summed E-state index contributed by atoms with van der Waals surface area (Å²) in [7, 11) is 0. The highest BCUT2D eigenvalue weighted by molar-refractivity contribution is 5.84. The van der Waals surface area contributed by atoms with Gasteiger partial charge in [-0.3, -0.25) is 14.5 Å². The maximum absolute atomic E-state index is 12.1. The second-order valence-electron chi connectivity index (χ2n) is 5.79. The molecular weight excluding hydrogens is 264 g/mol. The molecule has 20 heavy (non-hydrogen) atoms. The van der Waals surface area contributed by atoms with E-state index in [0.717, 1.165) is 0 Å². The number of ether oxygens (including phenoxy) is 1. The molecule has 0 spiro atoms. The van der Waals surface area contributed by atoms with Crippen LogP contribution in [0.3, 0.4) is 0 Å². The molecule has 1 aliphatic rings.